The number of alkyl carbamates (subject to hydrolysis) is 1. The molecule has 3 rings (SSSR count). The van der Waals surface area contributed by atoms with E-state index in [9.17, 15) is 9.59 Å². The highest BCUT2D eigenvalue weighted by Gasteiger charge is 2.51. The van der Waals surface area contributed by atoms with Gasteiger partial charge in [-0.05, 0) is 67.4 Å². The van der Waals surface area contributed by atoms with Crippen LogP contribution in [0, 0.1) is 0 Å². The number of pyridine rings is 1. The quantitative estimate of drug-likeness (QED) is 0.717. The minimum absolute atomic E-state index is 0.0196. The number of carbonyl (C=O) groups excluding carboxylic acids is 2. The van der Waals surface area contributed by atoms with Gasteiger partial charge in [-0.1, -0.05) is 6.07 Å². The van der Waals surface area contributed by atoms with E-state index in [0.717, 1.165) is 5.46 Å². The third-order valence-corrected chi connectivity index (χ3v) is 6.27. The summed E-state index contributed by atoms with van der Waals surface area (Å²) < 4.78 is 17.4. The van der Waals surface area contributed by atoms with Gasteiger partial charge in [0, 0.05) is 36.5 Å². The lowest BCUT2D eigenvalue weighted by atomic mass is 9.80. The van der Waals surface area contributed by atoms with Crippen LogP contribution in [0.5, 0.6) is 0 Å². The Morgan fingerprint density at radius 1 is 1.16 bits per heavy atom. The zero-order valence-electron chi connectivity index (χ0n) is 20.4. The highest BCUT2D eigenvalue weighted by molar-refractivity contribution is 6.62. The molecule has 0 bridgehead atoms. The van der Waals surface area contributed by atoms with E-state index in [4.69, 9.17) is 14.0 Å². The van der Waals surface area contributed by atoms with Crippen molar-refractivity contribution in [2.45, 2.75) is 90.6 Å². The molecule has 8 nitrogen and oxygen atoms in total. The molecule has 2 amide bonds. The van der Waals surface area contributed by atoms with Crippen LogP contribution in [0.4, 0.5) is 4.79 Å². The molecule has 1 aromatic rings. The Morgan fingerprint density at radius 2 is 1.75 bits per heavy atom. The minimum atomic E-state index is -0.522. The summed E-state index contributed by atoms with van der Waals surface area (Å²) in [6, 6.07) is 3.79. The summed E-state index contributed by atoms with van der Waals surface area (Å²) in [4.78, 5) is 30.9. The number of likely N-dealkylation sites (tertiary alicyclic amines) is 1. The van der Waals surface area contributed by atoms with Crippen LogP contribution in [-0.2, 0) is 25.3 Å². The number of aromatic nitrogens is 1. The van der Waals surface area contributed by atoms with Crippen molar-refractivity contribution >= 4 is 24.6 Å². The number of nitrogens with zero attached hydrogens (tertiary/aromatic N) is 2. The van der Waals surface area contributed by atoms with E-state index in [2.05, 4.69) is 10.3 Å². The number of ether oxygens (including phenoxy) is 1. The highest BCUT2D eigenvalue weighted by Crippen LogP contribution is 2.36. The number of piperidine rings is 1. The van der Waals surface area contributed by atoms with E-state index in [0.29, 0.717) is 31.6 Å². The van der Waals surface area contributed by atoms with E-state index >= 15 is 0 Å². The first kappa shape index (κ1) is 24.5. The third-order valence-electron chi connectivity index (χ3n) is 6.27. The van der Waals surface area contributed by atoms with Gasteiger partial charge in [0.05, 0.1) is 17.6 Å². The van der Waals surface area contributed by atoms with Crippen LogP contribution in [0.15, 0.2) is 18.3 Å². The Hall–Kier alpha value is -2.13. The van der Waals surface area contributed by atoms with E-state index in [1.165, 1.54) is 0 Å². The van der Waals surface area contributed by atoms with Gasteiger partial charge in [0.2, 0.25) is 5.91 Å². The lowest BCUT2D eigenvalue weighted by Gasteiger charge is -2.33. The maximum Gasteiger partial charge on any atom is 0.496 e. The smallest absolute Gasteiger partial charge is 0.444 e. The van der Waals surface area contributed by atoms with Gasteiger partial charge in [0.1, 0.15) is 5.60 Å². The summed E-state index contributed by atoms with van der Waals surface area (Å²) in [5.74, 6) is 0.0385. The molecule has 2 aliphatic heterocycles. The normalized spacial score (nSPS) is 20.8. The number of hydrogen-bond acceptors (Lipinski definition) is 6. The van der Waals surface area contributed by atoms with E-state index in [1.54, 1.807) is 6.20 Å². The molecule has 2 aliphatic rings. The molecule has 32 heavy (non-hydrogen) atoms. The topological polar surface area (TPSA) is 90.0 Å². The van der Waals surface area contributed by atoms with Crippen molar-refractivity contribution in [1.82, 2.24) is 15.2 Å². The van der Waals surface area contributed by atoms with Gasteiger partial charge in [-0.3, -0.25) is 9.78 Å². The maximum absolute atomic E-state index is 12.7. The predicted molar refractivity (Wildman–Crippen MR) is 123 cm³/mol. The van der Waals surface area contributed by atoms with Crippen LogP contribution in [0.1, 0.15) is 67.0 Å². The standard InChI is InChI=1S/C23H36BN3O5/c1-21(2,3)30-20(29)26-17-10-12-27(13-11-17)19(28)14-18-9-8-16(15-25-18)24-31-22(4,5)23(6,7)32-24/h8-9,15,17H,10-14H2,1-7H3,(H,26,29). The Kier molecular flexibility index (Phi) is 6.91. The lowest BCUT2D eigenvalue weighted by Crippen LogP contribution is -2.48. The molecule has 1 N–H and O–H groups in total. The summed E-state index contributed by atoms with van der Waals surface area (Å²) in [6.45, 7) is 14.8. The molecule has 0 atom stereocenters. The third kappa shape index (κ3) is 6.01. The monoisotopic (exact) mass is 445 g/mol. The van der Waals surface area contributed by atoms with E-state index in [1.807, 2.05) is 65.5 Å². The fraction of sp³-hybridized carbons (Fsp3) is 0.696. The second-order valence-corrected chi connectivity index (χ2v) is 10.6. The molecule has 0 aliphatic carbocycles. The van der Waals surface area contributed by atoms with E-state index in [-0.39, 0.29) is 18.4 Å². The van der Waals surface area contributed by atoms with E-state index < -0.39 is 30.0 Å². The number of carbonyl (C=O) groups is 2. The van der Waals surface area contributed by atoms with Crippen molar-refractivity contribution in [2.75, 3.05) is 13.1 Å². The van der Waals surface area contributed by atoms with Gasteiger partial charge in [-0.25, -0.2) is 4.79 Å². The lowest BCUT2D eigenvalue weighted by molar-refractivity contribution is -0.131. The fourth-order valence-corrected chi connectivity index (χ4v) is 3.67. The fourth-order valence-electron chi connectivity index (χ4n) is 3.67. The first-order chi connectivity index (χ1) is 14.8. The molecule has 0 unspecified atom stereocenters. The highest BCUT2D eigenvalue weighted by atomic mass is 16.7. The predicted octanol–water partition coefficient (Wildman–Crippen LogP) is 2.44. The summed E-state index contributed by atoms with van der Waals surface area (Å²) in [5, 5.41) is 2.89. The first-order valence-corrected chi connectivity index (χ1v) is 11.3. The van der Waals surface area contributed by atoms with Gasteiger partial charge < -0.3 is 24.3 Å². The SMILES string of the molecule is CC(C)(C)OC(=O)NC1CCN(C(=O)Cc2ccc(B3OC(C)(C)C(C)(C)O3)cn2)CC1. The summed E-state index contributed by atoms with van der Waals surface area (Å²) in [6.07, 6.45) is 2.97. The zero-order chi connectivity index (χ0) is 23.7. The second-order valence-electron chi connectivity index (χ2n) is 10.6. The van der Waals surface area contributed by atoms with Gasteiger partial charge in [-0.15, -0.1) is 0 Å². The Bertz CT molecular complexity index is 811. The van der Waals surface area contributed by atoms with Crippen molar-refractivity contribution in [3.05, 3.63) is 24.0 Å². The number of hydrogen-bond donors (Lipinski definition) is 1. The van der Waals surface area contributed by atoms with Crippen LogP contribution in [0.2, 0.25) is 0 Å². The van der Waals surface area contributed by atoms with Crippen LogP contribution in [-0.4, -0.2) is 64.9 Å². The Balaban J connectivity index is 1.47. The average Bonchev–Trinajstić information content (AvgIpc) is 2.88. The molecule has 2 saturated heterocycles. The van der Waals surface area contributed by atoms with Gasteiger partial charge in [-0.2, -0.15) is 0 Å². The van der Waals surface area contributed by atoms with Crippen molar-refractivity contribution in [3.63, 3.8) is 0 Å². The molecular formula is C23H36BN3O5. The second kappa shape index (κ2) is 9.02. The summed E-state index contributed by atoms with van der Waals surface area (Å²) >= 11 is 0. The zero-order valence-corrected chi connectivity index (χ0v) is 20.4. The largest absolute Gasteiger partial charge is 0.496 e. The minimum Gasteiger partial charge on any atom is -0.444 e. The van der Waals surface area contributed by atoms with Gasteiger partial charge in [0.25, 0.3) is 0 Å². The molecule has 9 heteroatoms. The number of amides is 2. The summed E-state index contributed by atoms with van der Waals surface area (Å²) in [5.41, 5.74) is 0.220. The number of rotatable bonds is 4. The van der Waals surface area contributed by atoms with Crippen molar-refractivity contribution in [1.29, 1.82) is 0 Å². The molecule has 2 fully saturated rings. The molecule has 1 aromatic heterocycles. The molecule has 176 valence electrons. The summed E-state index contributed by atoms with van der Waals surface area (Å²) in [7, 11) is -0.464. The molecule has 0 aromatic carbocycles. The van der Waals surface area contributed by atoms with Crippen LogP contribution >= 0.6 is 0 Å². The maximum atomic E-state index is 12.7. The Morgan fingerprint density at radius 3 is 2.25 bits per heavy atom. The average molecular weight is 445 g/mol. The van der Waals surface area contributed by atoms with Crippen LogP contribution in [0.3, 0.4) is 0 Å². The van der Waals surface area contributed by atoms with Gasteiger partial charge in [0.15, 0.2) is 0 Å². The van der Waals surface area contributed by atoms with Crippen LogP contribution in [0.25, 0.3) is 0 Å². The molecule has 0 saturated carbocycles. The number of nitrogens with one attached hydrogen (secondary N) is 1. The van der Waals surface area contributed by atoms with Crippen molar-refractivity contribution < 1.29 is 23.6 Å². The van der Waals surface area contributed by atoms with Gasteiger partial charge >= 0.3 is 13.2 Å². The molecular weight excluding hydrogens is 409 g/mol. The molecule has 3 heterocycles. The first-order valence-electron chi connectivity index (χ1n) is 11.3. The van der Waals surface area contributed by atoms with Crippen molar-refractivity contribution in [3.8, 4) is 0 Å². The van der Waals surface area contributed by atoms with Crippen molar-refractivity contribution in [2.24, 2.45) is 0 Å². The Labute approximate surface area is 191 Å². The van der Waals surface area contributed by atoms with Crippen LogP contribution < -0.4 is 10.8 Å². The molecule has 0 spiro atoms. The molecule has 0 radical (unpaired) electrons.